The molecule has 0 radical (unpaired) electrons. The van der Waals surface area contributed by atoms with Crippen LogP contribution in [0.15, 0.2) is 18.2 Å². The van der Waals surface area contributed by atoms with Crippen LogP contribution >= 0.6 is 0 Å². The number of hydrogen-bond acceptors (Lipinski definition) is 5. The minimum Gasteiger partial charge on any atom is -0.363 e. The lowest BCUT2D eigenvalue weighted by atomic mass is 10.0. The number of aromatic nitrogens is 4. The van der Waals surface area contributed by atoms with Crippen molar-refractivity contribution >= 4 is 17.3 Å². The first-order valence-electron chi connectivity index (χ1n) is 10.1. The maximum atomic E-state index is 4.89. The Hall–Kier alpha value is -2.63. The van der Waals surface area contributed by atoms with Gasteiger partial charge in [-0.05, 0) is 45.7 Å². The van der Waals surface area contributed by atoms with E-state index in [-0.39, 0.29) is 0 Å². The Morgan fingerprint density at radius 3 is 2.18 bits per heavy atom. The van der Waals surface area contributed by atoms with Crippen LogP contribution in [0.3, 0.4) is 0 Å². The van der Waals surface area contributed by atoms with Gasteiger partial charge in [-0.1, -0.05) is 13.8 Å². The molecule has 3 aromatic rings. The molecule has 0 aliphatic heterocycles. The SMILES string of the molecule is CCCN(CCC)c1cc(C)nc2c(-c3ccc(N(C)C)nc3C)c(C)nn12. The van der Waals surface area contributed by atoms with E-state index in [2.05, 4.69) is 57.7 Å². The second kappa shape index (κ2) is 8.17. The zero-order chi connectivity index (χ0) is 20.4. The highest BCUT2D eigenvalue weighted by molar-refractivity contribution is 5.82. The molecule has 0 aliphatic carbocycles. The maximum absolute atomic E-state index is 4.89. The van der Waals surface area contributed by atoms with E-state index in [1.54, 1.807) is 0 Å². The van der Waals surface area contributed by atoms with Gasteiger partial charge in [-0.25, -0.2) is 9.97 Å². The van der Waals surface area contributed by atoms with Crippen molar-refractivity contribution in [2.75, 3.05) is 37.0 Å². The van der Waals surface area contributed by atoms with E-state index in [1.165, 1.54) is 0 Å². The van der Waals surface area contributed by atoms with E-state index < -0.39 is 0 Å². The third-order valence-corrected chi connectivity index (χ3v) is 4.98. The van der Waals surface area contributed by atoms with Crippen molar-refractivity contribution in [2.24, 2.45) is 0 Å². The van der Waals surface area contributed by atoms with Gasteiger partial charge in [0.1, 0.15) is 11.6 Å². The van der Waals surface area contributed by atoms with Gasteiger partial charge in [-0.15, -0.1) is 0 Å². The Morgan fingerprint density at radius 1 is 0.929 bits per heavy atom. The summed E-state index contributed by atoms with van der Waals surface area (Å²) in [6.07, 6.45) is 2.20. The topological polar surface area (TPSA) is 49.6 Å². The van der Waals surface area contributed by atoms with Crippen molar-refractivity contribution in [3.05, 3.63) is 35.3 Å². The minimum atomic E-state index is 0.909. The Labute approximate surface area is 168 Å². The molecule has 150 valence electrons. The average molecular weight is 381 g/mol. The summed E-state index contributed by atoms with van der Waals surface area (Å²) >= 11 is 0. The third-order valence-electron chi connectivity index (χ3n) is 4.98. The molecule has 3 rings (SSSR count). The van der Waals surface area contributed by atoms with Crippen molar-refractivity contribution in [2.45, 2.75) is 47.5 Å². The summed E-state index contributed by atoms with van der Waals surface area (Å²) < 4.78 is 2.02. The highest BCUT2D eigenvalue weighted by Gasteiger charge is 2.20. The van der Waals surface area contributed by atoms with E-state index in [9.17, 15) is 0 Å². The fourth-order valence-corrected chi connectivity index (χ4v) is 3.71. The zero-order valence-corrected chi connectivity index (χ0v) is 18.2. The summed E-state index contributed by atoms with van der Waals surface area (Å²) in [6, 6.07) is 6.35. The van der Waals surface area contributed by atoms with Gasteiger partial charge in [-0.2, -0.15) is 9.61 Å². The molecule has 3 aromatic heterocycles. The number of fused-ring (bicyclic) bond motifs is 1. The van der Waals surface area contributed by atoms with Crippen LogP contribution in [0, 0.1) is 20.8 Å². The summed E-state index contributed by atoms with van der Waals surface area (Å²) in [4.78, 5) is 14.1. The summed E-state index contributed by atoms with van der Waals surface area (Å²) in [5.41, 5.74) is 6.07. The Morgan fingerprint density at radius 2 is 1.61 bits per heavy atom. The molecule has 0 saturated heterocycles. The molecule has 0 amide bonds. The van der Waals surface area contributed by atoms with Gasteiger partial charge >= 0.3 is 0 Å². The van der Waals surface area contributed by atoms with Gasteiger partial charge < -0.3 is 9.80 Å². The van der Waals surface area contributed by atoms with Crippen molar-refractivity contribution in [1.82, 2.24) is 19.6 Å². The van der Waals surface area contributed by atoms with Crippen molar-refractivity contribution in [3.63, 3.8) is 0 Å². The minimum absolute atomic E-state index is 0.909. The predicted molar refractivity (Wildman–Crippen MR) is 118 cm³/mol. The molecule has 0 saturated carbocycles. The predicted octanol–water partition coefficient (Wildman–Crippen LogP) is 4.41. The molecule has 28 heavy (non-hydrogen) atoms. The molecule has 0 N–H and O–H groups in total. The number of rotatable bonds is 7. The van der Waals surface area contributed by atoms with Gasteiger partial charge in [0, 0.05) is 50.2 Å². The lowest BCUT2D eigenvalue weighted by Gasteiger charge is -2.24. The van der Waals surface area contributed by atoms with Crippen LogP contribution in [0.2, 0.25) is 0 Å². The Bertz CT molecular complexity index is 967. The van der Waals surface area contributed by atoms with Crippen LogP contribution in [0.1, 0.15) is 43.8 Å². The van der Waals surface area contributed by atoms with Crippen molar-refractivity contribution in [3.8, 4) is 11.1 Å². The first kappa shape index (κ1) is 20.1. The number of anilines is 2. The van der Waals surface area contributed by atoms with Crippen LogP contribution in [-0.2, 0) is 0 Å². The molecule has 0 fully saturated rings. The standard InChI is InChI=1S/C22H32N6/c1-8-12-27(13-9-2)20-14-15(3)23-22-21(17(5)25-28(20)22)18-10-11-19(26(6)7)24-16(18)4/h10-11,14H,8-9,12-13H2,1-7H3. The van der Waals surface area contributed by atoms with Gasteiger partial charge in [0.2, 0.25) is 0 Å². The first-order chi connectivity index (χ1) is 13.4. The normalized spacial score (nSPS) is 11.2. The monoisotopic (exact) mass is 380 g/mol. The molecule has 6 nitrogen and oxygen atoms in total. The molecule has 3 heterocycles. The van der Waals surface area contributed by atoms with E-state index in [0.717, 1.165) is 71.4 Å². The summed E-state index contributed by atoms with van der Waals surface area (Å²) in [6.45, 7) is 12.6. The molecule has 6 heteroatoms. The molecule has 0 aromatic carbocycles. The quantitative estimate of drug-likeness (QED) is 0.608. The second-order valence-electron chi connectivity index (χ2n) is 7.64. The number of pyridine rings is 1. The van der Waals surface area contributed by atoms with Crippen LogP contribution in [0.4, 0.5) is 11.6 Å². The molecular formula is C22H32N6. The van der Waals surface area contributed by atoms with Crippen molar-refractivity contribution in [1.29, 1.82) is 0 Å². The molecule has 0 spiro atoms. The van der Waals surface area contributed by atoms with E-state index in [0.29, 0.717) is 0 Å². The number of aryl methyl sites for hydroxylation is 3. The fraction of sp³-hybridized carbons (Fsp3) is 0.500. The molecule has 0 bridgehead atoms. The Balaban J connectivity index is 2.22. The third kappa shape index (κ3) is 3.68. The van der Waals surface area contributed by atoms with Gasteiger partial charge in [0.15, 0.2) is 5.65 Å². The van der Waals surface area contributed by atoms with Crippen LogP contribution in [0.5, 0.6) is 0 Å². The highest BCUT2D eigenvalue weighted by Crippen LogP contribution is 2.32. The lowest BCUT2D eigenvalue weighted by molar-refractivity contribution is 0.713. The van der Waals surface area contributed by atoms with Crippen molar-refractivity contribution < 1.29 is 0 Å². The number of nitrogens with zero attached hydrogens (tertiary/aromatic N) is 6. The average Bonchev–Trinajstić information content (AvgIpc) is 2.96. The van der Waals surface area contributed by atoms with E-state index in [4.69, 9.17) is 15.1 Å². The molecule has 0 unspecified atom stereocenters. The van der Waals surface area contributed by atoms with E-state index in [1.807, 2.05) is 23.5 Å². The summed E-state index contributed by atoms with van der Waals surface area (Å²) in [7, 11) is 4.02. The largest absolute Gasteiger partial charge is 0.363 e. The van der Waals surface area contributed by atoms with Crippen LogP contribution in [-0.4, -0.2) is 46.8 Å². The molecular weight excluding hydrogens is 348 g/mol. The maximum Gasteiger partial charge on any atom is 0.165 e. The fourth-order valence-electron chi connectivity index (χ4n) is 3.71. The first-order valence-corrected chi connectivity index (χ1v) is 10.1. The smallest absolute Gasteiger partial charge is 0.165 e. The van der Waals surface area contributed by atoms with Gasteiger partial charge in [-0.3, -0.25) is 0 Å². The number of hydrogen-bond donors (Lipinski definition) is 0. The van der Waals surface area contributed by atoms with Crippen LogP contribution < -0.4 is 9.80 Å². The molecule has 0 atom stereocenters. The van der Waals surface area contributed by atoms with Gasteiger partial charge in [0.25, 0.3) is 0 Å². The zero-order valence-electron chi connectivity index (χ0n) is 18.2. The Kier molecular flexibility index (Phi) is 5.87. The summed E-state index contributed by atoms with van der Waals surface area (Å²) in [5.74, 6) is 2.08. The second-order valence-corrected chi connectivity index (χ2v) is 7.64. The summed E-state index contributed by atoms with van der Waals surface area (Å²) in [5, 5.41) is 4.89. The molecule has 0 aliphatic rings. The van der Waals surface area contributed by atoms with Gasteiger partial charge in [0.05, 0.1) is 11.3 Å². The lowest BCUT2D eigenvalue weighted by Crippen LogP contribution is -2.27. The van der Waals surface area contributed by atoms with Crippen LogP contribution in [0.25, 0.3) is 16.8 Å². The highest BCUT2D eigenvalue weighted by atomic mass is 15.3. The van der Waals surface area contributed by atoms with E-state index >= 15 is 0 Å².